The second kappa shape index (κ2) is 7.64. The van der Waals surface area contributed by atoms with Crippen molar-refractivity contribution in [1.29, 1.82) is 0 Å². The van der Waals surface area contributed by atoms with Crippen molar-refractivity contribution in [3.63, 3.8) is 0 Å². The number of hydrogen-bond donors (Lipinski definition) is 3. The lowest BCUT2D eigenvalue weighted by atomic mass is 10.0. The molecule has 0 radical (unpaired) electrons. The maximum atomic E-state index is 12.9. The Kier molecular flexibility index (Phi) is 4.80. The van der Waals surface area contributed by atoms with Crippen molar-refractivity contribution in [2.24, 2.45) is 0 Å². The first-order chi connectivity index (χ1) is 15.0. The Labute approximate surface area is 177 Å². The minimum Gasteiger partial charge on any atom is -0.460 e. The van der Waals surface area contributed by atoms with Crippen LogP contribution in [0.1, 0.15) is 44.9 Å². The first-order valence-corrected chi connectivity index (χ1v) is 10.2. The van der Waals surface area contributed by atoms with E-state index in [1.807, 2.05) is 30.3 Å². The van der Waals surface area contributed by atoms with Crippen LogP contribution < -0.4 is 10.6 Å². The zero-order valence-corrected chi connectivity index (χ0v) is 16.6. The molecule has 5 rings (SSSR count). The van der Waals surface area contributed by atoms with E-state index in [-0.39, 0.29) is 18.7 Å². The number of amides is 3. The summed E-state index contributed by atoms with van der Waals surface area (Å²) in [6, 6.07) is 14.2. The summed E-state index contributed by atoms with van der Waals surface area (Å²) < 4.78 is 5.79. The van der Waals surface area contributed by atoms with E-state index in [1.54, 1.807) is 18.2 Å². The molecule has 0 aliphatic carbocycles. The standard InChI is InChI=1S/C23H21N3O5/c27-20-8-7-18(21(28)25-20)26-22(29)16-6-5-13(9-17(16)23(26)30)11-24-12-15-10-14-3-1-2-4-19(14)31-15/h1-6,9-10,18,21,24,28H,7-8,11-12H2,(H,25,27). The van der Waals surface area contributed by atoms with Gasteiger partial charge < -0.3 is 20.2 Å². The number of aliphatic hydroxyl groups excluding tert-OH is 1. The fourth-order valence-corrected chi connectivity index (χ4v) is 4.21. The second-order valence-corrected chi connectivity index (χ2v) is 7.83. The van der Waals surface area contributed by atoms with Gasteiger partial charge in [-0.2, -0.15) is 0 Å². The summed E-state index contributed by atoms with van der Waals surface area (Å²) in [4.78, 5) is 38.2. The Hall–Kier alpha value is -3.49. The van der Waals surface area contributed by atoms with Gasteiger partial charge in [-0.05, 0) is 36.2 Å². The van der Waals surface area contributed by atoms with Crippen molar-refractivity contribution in [3.05, 3.63) is 71.0 Å². The average Bonchev–Trinajstić information content (AvgIpc) is 3.27. The Morgan fingerprint density at radius 1 is 1.03 bits per heavy atom. The van der Waals surface area contributed by atoms with Crippen LogP contribution in [0.15, 0.2) is 52.9 Å². The molecule has 3 aromatic rings. The lowest BCUT2D eigenvalue weighted by Crippen LogP contribution is -2.57. The fourth-order valence-electron chi connectivity index (χ4n) is 4.21. The molecule has 2 atom stereocenters. The van der Waals surface area contributed by atoms with Crippen LogP contribution >= 0.6 is 0 Å². The number of benzene rings is 2. The number of furan rings is 1. The van der Waals surface area contributed by atoms with Crippen LogP contribution in [0, 0.1) is 0 Å². The van der Waals surface area contributed by atoms with E-state index in [2.05, 4.69) is 10.6 Å². The number of fused-ring (bicyclic) bond motifs is 2. The third kappa shape index (κ3) is 3.49. The normalized spacial score (nSPS) is 20.9. The predicted octanol–water partition coefficient (Wildman–Crippen LogP) is 1.92. The zero-order chi connectivity index (χ0) is 21.5. The number of imide groups is 1. The molecule has 1 saturated heterocycles. The third-order valence-corrected chi connectivity index (χ3v) is 5.76. The number of aliphatic hydroxyl groups is 1. The first kappa shape index (κ1) is 19.5. The van der Waals surface area contributed by atoms with Gasteiger partial charge in [0.1, 0.15) is 17.6 Å². The van der Waals surface area contributed by atoms with E-state index in [1.165, 1.54) is 0 Å². The number of piperidine rings is 1. The van der Waals surface area contributed by atoms with Gasteiger partial charge in [-0.3, -0.25) is 19.3 Å². The summed E-state index contributed by atoms with van der Waals surface area (Å²) in [6.07, 6.45) is -0.857. The molecular weight excluding hydrogens is 398 g/mol. The van der Waals surface area contributed by atoms with Crippen molar-refractivity contribution in [2.45, 2.75) is 38.2 Å². The fraction of sp³-hybridized carbons (Fsp3) is 0.261. The monoisotopic (exact) mass is 419 g/mol. The molecule has 1 fully saturated rings. The maximum Gasteiger partial charge on any atom is 0.261 e. The summed E-state index contributed by atoms with van der Waals surface area (Å²) in [6.45, 7) is 1.02. The number of nitrogens with one attached hydrogen (secondary N) is 2. The molecule has 2 unspecified atom stereocenters. The van der Waals surface area contributed by atoms with Crippen LogP contribution in [0.5, 0.6) is 0 Å². The van der Waals surface area contributed by atoms with Gasteiger partial charge in [-0.25, -0.2) is 0 Å². The molecule has 158 valence electrons. The topological polar surface area (TPSA) is 112 Å². The second-order valence-electron chi connectivity index (χ2n) is 7.83. The highest BCUT2D eigenvalue weighted by molar-refractivity contribution is 6.21. The molecule has 0 saturated carbocycles. The van der Waals surface area contributed by atoms with Crippen LogP contribution in [0.4, 0.5) is 0 Å². The van der Waals surface area contributed by atoms with E-state index in [9.17, 15) is 19.5 Å². The lowest BCUT2D eigenvalue weighted by molar-refractivity contribution is -0.129. The van der Waals surface area contributed by atoms with E-state index in [0.29, 0.717) is 24.2 Å². The Morgan fingerprint density at radius 2 is 1.84 bits per heavy atom. The molecule has 3 heterocycles. The SMILES string of the molecule is O=C1CCC(N2C(=O)c3ccc(CNCc4cc5ccccc5o4)cc3C2=O)C(O)N1. The maximum absolute atomic E-state index is 12.9. The van der Waals surface area contributed by atoms with E-state index < -0.39 is 24.1 Å². The Balaban J connectivity index is 1.28. The van der Waals surface area contributed by atoms with Gasteiger partial charge >= 0.3 is 0 Å². The summed E-state index contributed by atoms with van der Waals surface area (Å²) in [5.74, 6) is -0.368. The third-order valence-electron chi connectivity index (χ3n) is 5.76. The Bertz CT molecular complexity index is 1170. The van der Waals surface area contributed by atoms with Crippen LogP contribution in [0.2, 0.25) is 0 Å². The molecule has 2 aliphatic rings. The van der Waals surface area contributed by atoms with Gasteiger partial charge in [-0.15, -0.1) is 0 Å². The molecule has 0 spiro atoms. The van der Waals surface area contributed by atoms with Gasteiger partial charge in [0.15, 0.2) is 0 Å². The quantitative estimate of drug-likeness (QED) is 0.545. The van der Waals surface area contributed by atoms with Crippen molar-refractivity contribution < 1.29 is 23.9 Å². The summed E-state index contributed by atoms with van der Waals surface area (Å²) in [5.41, 5.74) is 2.32. The molecular formula is C23H21N3O5. The molecule has 1 aromatic heterocycles. The number of hydrogen-bond acceptors (Lipinski definition) is 6. The molecule has 31 heavy (non-hydrogen) atoms. The number of carbonyl (C=O) groups is 3. The average molecular weight is 419 g/mol. The van der Waals surface area contributed by atoms with Gasteiger partial charge in [-0.1, -0.05) is 24.3 Å². The smallest absolute Gasteiger partial charge is 0.261 e. The minimum atomic E-state index is -1.26. The minimum absolute atomic E-state index is 0.159. The molecule has 8 heteroatoms. The van der Waals surface area contributed by atoms with Gasteiger partial charge in [0.05, 0.1) is 23.7 Å². The van der Waals surface area contributed by atoms with Crippen LogP contribution in [-0.4, -0.2) is 40.0 Å². The van der Waals surface area contributed by atoms with E-state index in [4.69, 9.17) is 4.42 Å². The van der Waals surface area contributed by atoms with Crippen molar-refractivity contribution in [2.75, 3.05) is 0 Å². The largest absolute Gasteiger partial charge is 0.460 e. The number of carbonyl (C=O) groups excluding carboxylic acids is 3. The van der Waals surface area contributed by atoms with Crippen molar-refractivity contribution in [3.8, 4) is 0 Å². The van der Waals surface area contributed by atoms with Gasteiger partial charge in [0, 0.05) is 18.4 Å². The molecule has 0 bridgehead atoms. The van der Waals surface area contributed by atoms with E-state index >= 15 is 0 Å². The molecule has 3 N–H and O–H groups in total. The Morgan fingerprint density at radius 3 is 2.65 bits per heavy atom. The summed E-state index contributed by atoms with van der Waals surface area (Å²) in [5, 5.41) is 16.9. The van der Waals surface area contributed by atoms with Crippen LogP contribution in [0.3, 0.4) is 0 Å². The van der Waals surface area contributed by atoms with E-state index in [0.717, 1.165) is 27.2 Å². The summed E-state index contributed by atoms with van der Waals surface area (Å²) >= 11 is 0. The van der Waals surface area contributed by atoms with Gasteiger partial charge in [0.25, 0.3) is 11.8 Å². The highest BCUT2D eigenvalue weighted by atomic mass is 16.3. The molecule has 3 amide bonds. The van der Waals surface area contributed by atoms with Crippen molar-refractivity contribution >= 4 is 28.7 Å². The number of para-hydroxylation sites is 1. The van der Waals surface area contributed by atoms with Crippen LogP contribution in [-0.2, 0) is 17.9 Å². The van der Waals surface area contributed by atoms with Gasteiger partial charge in [0.2, 0.25) is 5.91 Å². The number of rotatable bonds is 5. The van der Waals surface area contributed by atoms with Crippen LogP contribution in [0.25, 0.3) is 11.0 Å². The first-order valence-electron chi connectivity index (χ1n) is 10.2. The van der Waals surface area contributed by atoms with Crippen molar-refractivity contribution in [1.82, 2.24) is 15.5 Å². The zero-order valence-electron chi connectivity index (χ0n) is 16.6. The summed E-state index contributed by atoms with van der Waals surface area (Å²) in [7, 11) is 0. The predicted molar refractivity (Wildman–Crippen MR) is 111 cm³/mol. The number of nitrogens with zero attached hydrogens (tertiary/aromatic N) is 1. The molecule has 8 nitrogen and oxygen atoms in total. The molecule has 2 aliphatic heterocycles. The lowest BCUT2D eigenvalue weighted by Gasteiger charge is -2.33. The molecule has 2 aromatic carbocycles. The highest BCUT2D eigenvalue weighted by Crippen LogP contribution is 2.29. The highest BCUT2D eigenvalue weighted by Gasteiger charge is 2.44.